The zero-order chi connectivity index (χ0) is 23.7. The topological polar surface area (TPSA) is 69.7 Å². The average molecular weight is 464 g/mol. The largest absolute Gasteiger partial charge is 0.322 e. The Morgan fingerprint density at radius 3 is 2.50 bits per heavy atom. The van der Waals surface area contributed by atoms with Gasteiger partial charge in [-0.05, 0) is 86.5 Å². The molecule has 2 aromatic rings. The van der Waals surface area contributed by atoms with Crippen LogP contribution in [-0.2, 0) is 22.6 Å². The molecule has 0 radical (unpaired) electrons. The molecule has 2 saturated heterocycles. The summed E-state index contributed by atoms with van der Waals surface area (Å²) in [6.07, 6.45) is 4.54. The zero-order valence-corrected chi connectivity index (χ0v) is 19.3. The third kappa shape index (κ3) is 4.62. The number of fused-ring (bicyclic) bond motifs is 1. The first kappa shape index (κ1) is 22.7. The normalized spacial score (nSPS) is 21.6. The average Bonchev–Trinajstić information content (AvgIpc) is 3.16. The van der Waals surface area contributed by atoms with Crippen LogP contribution in [0.25, 0.3) is 0 Å². The van der Waals surface area contributed by atoms with E-state index in [2.05, 4.69) is 34.5 Å². The molecule has 2 aromatic carbocycles. The molecule has 3 aliphatic rings. The Labute approximate surface area is 199 Å². The number of likely N-dealkylation sites (tertiary alicyclic amines) is 1. The van der Waals surface area contributed by atoms with Crippen molar-refractivity contribution in [1.29, 1.82) is 0 Å². The second kappa shape index (κ2) is 9.66. The molecule has 3 aliphatic heterocycles. The number of carbonyl (C=O) groups is 3. The third-order valence-electron chi connectivity index (χ3n) is 7.47. The minimum Gasteiger partial charge on any atom is -0.322 e. The number of nitrogens with one attached hydrogen (secondary N) is 1. The van der Waals surface area contributed by atoms with E-state index in [-0.39, 0.29) is 24.2 Å². The minimum atomic E-state index is -0.681. The molecule has 3 amide bonds. The van der Waals surface area contributed by atoms with Gasteiger partial charge in [-0.3, -0.25) is 19.7 Å². The van der Waals surface area contributed by atoms with Crippen molar-refractivity contribution in [1.82, 2.24) is 15.1 Å². The Hall–Kier alpha value is -3.06. The Kier molecular flexibility index (Phi) is 6.46. The predicted octanol–water partition coefficient (Wildman–Crippen LogP) is 3.40. The van der Waals surface area contributed by atoms with E-state index < -0.39 is 17.8 Å². The van der Waals surface area contributed by atoms with Crippen LogP contribution in [0, 0.1) is 5.82 Å². The van der Waals surface area contributed by atoms with Gasteiger partial charge in [-0.15, -0.1) is 0 Å². The van der Waals surface area contributed by atoms with Gasteiger partial charge in [0.1, 0.15) is 11.9 Å². The molecule has 178 valence electrons. The highest BCUT2D eigenvalue weighted by Crippen LogP contribution is 2.37. The molecule has 0 aliphatic carbocycles. The number of rotatable bonds is 6. The minimum absolute atomic E-state index is 0.198. The highest BCUT2D eigenvalue weighted by atomic mass is 19.1. The molecule has 5 rings (SSSR count). The van der Waals surface area contributed by atoms with Gasteiger partial charge in [0.2, 0.25) is 11.8 Å². The van der Waals surface area contributed by atoms with E-state index in [4.69, 9.17) is 0 Å². The molecule has 0 aromatic heterocycles. The van der Waals surface area contributed by atoms with E-state index in [1.54, 1.807) is 6.07 Å². The molecule has 0 saturated carbocycles. The Balaban J connectivity index is 1.23. The van der Waals surface area contributed by atoms with Crippen LogP contribution in [0.4, 0.5) is 4.39 Å². The third-order valence-corrected chi connectivity index (χ3v) is 7.47. The van der Waals surface area contributed by atoms with Crippen LogP contribution in [0.2, 0.25) is 0 Å². The van der Waals surface area contributed by atoms with Crippen LogP contribution in [0.3, 0.4) is 0 Å². The number of halogens is 1. The van der Waals surface area contributed by atoms with Crippen LogP contribution in [-0.4, -0.2) is 53.2 Å². The summed E-state index contributed by atoms with van der Waals surface area (Å²) in [6.45, 7) is 3.25. The summed E-state index contributed by atoms with van der Waals surface area (Å²) in [5.74, 6) is -1.28. The molecular weight excluding hydrogens is 433 g/mol. The van der Waals surface area contributed by atoms with Gasteiger partial charge in [0.05, 0.1) is 0 Å². The van der Waals surface area contributed by atoms with Gasteiger partial charge in [0, 0.05) is 18.5 Å². The van der Waals surface area contributed by atoms with Crippen molar-refractivity contribution in [2.24, 2.45) is 0 Å². The van der Waals surface area contributed by atoms with Crippen molar-refractivity contribution in [3.8, 4) is 0 Å². The van der Waals surface area contributed by atoms with Crippen molar-refractivity contribution in [3.05, 3.63) is 70.5 Å². The quantitative estimate of drug-likeness (QED) is 0.667. The lowest BCUT2D eigenvalue weighted by Gasteiger charge is -2.33. The second-order valence-corrected chi connectivity index (χ2v) is 9.63. The summed E-state index contributed by atoms with van der Waals surface area (Å²) < 4.78 is 14.5. The van der Waals surface area contributed by atoms with Crippen LogP contribution in [0.15, 0.2) is 42.5 Å². The van der Waals surface area contributed by atoms with Gasteiger partial charge in [0.25, 0.3) is 5.91 Å². The van der Waals surface area contributed by atoms with Crippen molar-refractivity contribution in [2.75, 3.05) is 19.6 Å². The number of carbonyl (C=O) groups excluding carboxylic acids is 3. The van der Waals surface area contributed by atoms with Crippen LogP contribution in [0.5, 0.6) is 0 Å². The van der Waals surface area contributed by atoms with Gasteiger partial charge in [-0.2, -0.15) is 0 Å². The molecule has 6 nitrogen and oxygen atoms in total. The number of hydrogen-bond donors (Lipinski definition) is 1. The monoisotopic (exact) mass is 463 g/mol. The van der Waals surface area contributed by atoms with Crippen molar-refractivity contribution in [2.45, 2.75) is 57.0 Å². The van der Waals surface area contributed by atoms with Crippen molar-refractivity contribution >= 4 is 17.7 Å². The molecule has 0 spiro atoms. The van der Waals surface area contributed by atoms with Crippen LogP contribution < -0.4 is 5.32 Å². The fourth-order valence-corrected chi connectivity index (χ4v) is 5.64. The summed E-state index contributed by atoms with van der Waals surface area (Å²) in [5, 5.41) is 2.32. The van der Waals surface area contributed by atoms with E-state index in [1.807, 2.05) is 6.07 Å². The molecule has 1 unspecified atom stereocenters. The van der Waals surface area contributed by atoms with E-state index in [0.29, 0.717) is 18.5 Å². The lowest BCUT2D eigenvalue weighted by atomic mass is 9.85. The number of aryl methyl sites for hydroxylation is 1. The fraction of sp³-hybridized carbons (Fsp3) is 0.444. The molecule has 2 fully saturated rings. The lowest BCUT2D eigenvalue weighted by Crippen LogP contribution is -2.52. The maximum atomic E-state index is 14.5. The van der Waals surface area contributed by atoms with Gasteiger partial charge < -0.3 is 9.80 Å². The number of benzene rings is 2. The Morgan fingerprint density at radius 1 is 1.00 bits per heavy atom. The lowest BCUT2D eigenvalue weighted by molar-refractivity contribution is -0.136. The van der Waals surface area contributed by atoms with Crippen LogP contribution >= 0.6 is 0 Å². The summed E-state index contributed by atoms with van der Waals surface area (Å²) in [7, 11) is 0. The first-order valence-electron chi connectivity index (χ1n) is 12.2. The zero-order valence-electron chi connectivity index (χ0n) is 19.3. The predicted molar refractivity (Wildman–Crippen MR) is 126 cm³/mol. The first-order chi connectivity index (χ1) is 16.5. The number of imide groups is 1. The van der Waals surface area contributed by atoms with Crippen LogP contribution in [0.1, 0.15) is 65.1 Å². The Bertz CT molecular complexity index is 1100. The van der Waals surface area contributed by atoms with Gasteiger partial charge >= 0.3 is 0 Å². The maximum Gasteiger partial charge on any atom is 0.255 e. The molecule has 1 N–H and O–H groups in total. The highest BCUT2D eigenvalue weighted by Gasteiger charge is 2.41. The van der Waals surface area contributed by atoms with E-state index >= 15 is 0 Å². The van der Waals surface area contributed by atoms with E-state index in [9.17, 15) is 18.8 Å². The SMILES string of the molecule is O=C1CCC(N2Cc3c(cc(F)cc3C3CCN(CCCc4ccccc4)CC3)C2=O)C(=O)N1. The van der Waals surface area contributed by atoms with Crippen molar-refractivity contribution in [3.63, 3.8) is 0 Å². The summed E-state index contributed by atoms with van der Waals surface area (Å²) >= 11 is 0. The number of amides is 3. The van der Waals surface area contributed by atoms with Gasteiger partial charge in [0.15, 0.2) is 0 Å². The van der Waals surface area contributed by atoms with E-state index in [1.165, 1.54) is 16.5 Å². The molecule has 7 heteroatoms. The Morgan fingerprint density at radius 2 is 1.76 bits per heavy atom. The molecule has 3 heterocycles. The molecule has 0 bridgehead atoms. The van der Waals surface area contributed by atoms with Crippen molar-refractivity contribution < 1.29 is 18.8 Å². The maximum absolute atomic E-state index is 14.5. The smallest absolute Gasteiger partial charge is 0.255 e. The summed E-state index contributed by atoms with van der Waals surface area (Å²) in [5.41, 5.74) is 3.48. The number of hydrogen-bond acceptors (Lipinski definition) is 4. The highest BCUT2D eigenvalue weighted by molar-refractivity contribution is 6.05. The van der Waals surface area contributed by atoms with Gasteiger partial charge in [-0.25, -0.2) is 4.39 Å². The fourth-order valence-electron chi connectivity index (χ4n) is 5.64. The summed E-state index contributed by atoms with van der Waals surface area (Å²) in [4.78, 5) is 40.9. The van der Waals surface area contributed by atoms with E-state index in [0.717, 1.165) is 56.4 Å². The first-order valence-corrected chi connectivity index (χ1v) is 12.2. The van der Waals surface area contributed by atoms with Gasteiger partial charge in [-0.1, -0.05) is 30.3 Å². The standard InChI is InChI=1S/C27H30FN3O3/c28-20-15-21(19-10-13-30(14-11-19)12-4-7-18-5-2-1-3-6-18)23-17-31(27(34)22(23)16-20)24-8-9-25(32)29-26(24)33/h1-3,5-6,15-16,19,24H,4,7-14,17H2,(H,29,32,33). The molecule has 34 heavy (non-hydrogen) atoms. The second-order valence-electron chi connectivity index (χ2n) is 9.63. The number of nitrogens with zero attached hydrogens (tertiary/aromatic N) is 2. The summed E-state index contributed by atoms with van der Waals surface area (Å²) in [6, 6.07) is 12.7. The molecular formula is C27H30FN3O3. The number of piperidine rings is 2. The molecule has 1 atom stereocenters.